The Labute approximate surface area is 150 Å². The van der Waals surface area contributed by atoms with E-state index in [1.54, 1.807) is 29.3 Å². The largest absolute Gasteiger partial charge is 0.377 e. The normalized spacial score (nSPS) is 17.4. The molecule has 6 heteroatoms. The number of carbonyl (C=O) groups is 2. The molecule has 0 radical (unpaired) electrons. The van der Waals surface area contributed by atoms with Gasteiger partial charge < -0.3 is 9.64 Å². The molecule has 4 rings (SSSR count). The third-order valence-corrected chi connectivity index (χ3v) is 4.69. The SMILES string of the molecule is O=C(C[C@@H]1COCCN1C(=O)c1ccc2[nH]ncc2c1)c1ccccc1. The number of nitrogens with zero attached hydrogens (tertiary/aromatic N) is 2. The molecule has 1 aliphatic rings. The van der Waals surface area contributed by atoms with E-state index in [-0.39, 0.29) is 24.2 Å². The summed E-state index contributed by atoms with van der Waals surface area (Å²) < 4.78 is 5.53. The van der Waals surface area contributed by atoms with Gasteiger partial charge in [0.1, 0.15) is 0 Å². The van der Waals surface area contributed by atoms with Crippen LogP contribution in [0, 0.1) is 0 Å². The Balaban J connectivity index is 1.54. The van der Waals surface area contributed by atoms with Crippen molar-refractivity contribution in [3.63, 3.8) is 0 Å². The van der Waals surface area contributed by atoms with E-state index in [1.807, 2.05) is 30.3 Å². The number of amides is 1. The molecule has 1 atom stereocenters. The van der Waals surface area contributed by atoms with Gasteiger partial charge in [-0.25, -0.2) is 0 Å². The summed E-state index contributed by atoms with van der Waals surface area (Å²) in [6.45, 7) is 1.34. The zero-order chi connectivity index (χ0) is 17.9. The van der Waals surface area contributed by atoms with Crippen molar-refractivity contribution in [2.45, 2.75) is 12.5 Å². The number of fused-ring (bicyclic) bond motifs is 1. The predicted octanol–water partition coefficient (Wildman–Crippen LogP) is 2.68. The summed E-state index contributed by atoms with van der Waals surface area (Å²) >= 11 is 0. The molecular formula is C20H19N3O3. The Kier molecular flexibility index (Phi) is 4.50. The van der Waals surface area contributed by atoms with Crippen molar-refractivity contribution >= 4 is 22.6 Å². The van der Waals surface area contributed by atoms with Crippen LogP contribution in [-0.2, 0) is 4.74 Å². The van der Waals surface area contributed by atoms with Crippen molar-refractivity contribution in [3.05, 3.63) is 65.9 Å². The fourth-order valence-corrected chi connectivity index (χ4v) is 3.29. The smallest absolute Gasteiger partial charge is 0.254 e. The average molecular weight is 349 g/mol. The monoisotopic (exact) mass is 349 g/mol. The topological polar surface area (TPSA) is 75.3 Å². The number of carbonyl (C=O) groups excluding carboxylic acids is 2. The number of ether oxygens (including phenoxy) is 1. The Morgan fingerprint density at radius 3 is 2.85 bits per heavy atom. The number of ketones is 1. The summed E-state index contributed by atoms with van der Waals surface area (Å²) in [6, 6.07) is 14.4. The lowest BCUT2D eigenvalue weighted by atomic mass is 10.0. The van der Waals surface area contributed by atoms with E-state index in [1.165, 1.54) is 0 Å². The summed E-state index contributed by atoms with van der Waals surface area (Å²) in [6.07, 6.45) is 1.95. The second-order valence-corrected chi connectivity index (χ2v) is 6.39. The fourth-order valence-electron chi connectivity index (χ4n) is 3.29. The molecule has 1 saturated heterocycles. The maximum Gasteiger partial charge on any atom is 0.254 e. The lowest BCUT2D eigenvalue weighted by Gasteiger charge is -2.35. The lowest BCUT2D eigenvalue weighted by molar-refractivity contribution is -0.00280. The van der Waals surface area contributed by atoms with E-state index in [0.29, 0.717) is 30.9 Å². The van der Waals surface area contributed by atoms with Crippen molar-refractivity contribution in [1.82, 2.24) is 15.1 Å². The summed E-state index contributed by atoms with van der Waals surface area (Å²) in [4.78, 5) is 27.3. The van der Waals surface area contributed by atoms with Crippen LogP contribution in [0.1, 0.15) is 27.1 Å². The molecule has 1 fully saturated rings. The Hall–Kier alpha value is -2.99. The Bertz CT molecular complexity index is 936. The van der Waals surface area contributed by atoms with Crippen LogP contribution < -0.4 is 0 Å². The summed E-state index contributed by atoms with van der Waals surface area (Å²) in [5.41, 5.74) is 2.14. The van der Waals surface area contributed by atoms with Crippen molar-refractivity contribution in [3.8, 4) is 0 Å². The van der Waals surface area contributed by atoms with Gasteiger partial charge in [0.05, 0.1) is 31.0 Å². The van der Waals surface area contributed by atoms with Gasteiger partial charge in [0.2, 0.25) is 0 Å². The standard InChI is InChI=1S/C20H19N3O3/c24-19(14-4-2-1-3-5-14)11-17-13-26-9-8-23(17)20(25)15-6-7-18-16(10-15)12-21-22-18/h1-7,10,12,17H,8-9,11,13H2,(H,21,22)/t17-/m1/s1. The van der Waals surface area contributed by atoms with Crippen molar-refractivity contribution in [2.75, 3.05) is 19.8 Å². The third-order valence-electron chi connectivity index (χ3n) is 4.69. The number of nitrogens with one attached hydrogen (secondary N) is 1. The predicted molar refractivity (Wildman–Crippen MR) is 97.1 cm³/mol. The quantitative estimate of drug-likeness (QED) is 0.735. The molecular weight excluding hydrogens is 330 g/mol. The fraction of sp³-hybridized carbons (Fsp3) is 0.250. The third kappa shape index (κ3) is 3.23. The molecule has 132 valence electrons. The van der Waals surface area contributed by atoms with E-state index in [4.69, 9.17) is 4.74 Å². The molecule has 0 saturated carbocycles. The van der Waals surface area contributed by atoms with Gasteiger partial charge in [0.25, 0.3) is 5.91 Å². The van der Waals surface area contributed by atoms with Gasteiger partial charge in [-0.15, -0.1) is 0 Å². The number of rotatable bonds is 4. The molecule has 26 heavy (non-hydrogen) atoms. The van der Waals surface area contributed by atoms with Gasteiger partial charge in [-0.05, 0) is 18.2 Å². The number of aromatic nitrogens is 2. The van der Waals surface area contributed by atoms with Gasteiger partial charge in [-0.1, -0.05) is 30.3 Å². The summed E-state index contributed by atoms with van der Waals surface area (Å²) in [5, 5.41) is 7.76. The molecule has 3 aromatic rings. The van der Waals surface area contributed by atoms with Crippen LogP contribution in [0.4, 0.5) is 0 Å². The molecule has 1 amide bonds. The van der Waals surface area contributed by atoms with E-state index in [2.05, 4.69) is 10.2 Å². The highest BCUT2D eigenvalue weighted by atomic mass is 16.5. The van der Waals surface area contributed by atoms with Crippen molar-refractivity contribution in [2.24, 2.45) is 0 Å². The first-order valence-electron chi connectivity index (χ1n) is 8.62. The minimum Gasteiger partial charge on any atom is -0.377 e. The Morgan fingerprint density at radius 2 is 2.00 bits per heavy atom. The number of morpholine rings is 1. The number of hydrogen-bond acceptors (Lipinski definition) is 4. The van der Waals surface area contributed by atoms with Gasteiger partial charge in [-0.2, -0.15) is 5.10 Å². The van der Waals surface area contributed by atoms with Crippen molar-refractivity contribution < 1.29 is 14.3 Å². The molecule has 1 N–H and O–H groups in total. The van der Waals surface area contributed by atoms with Crippen LogP contribution in [0.5, 0.6) is 0 Å². The average Bonchev–Trinajstić information content (AvgIpc) is 3.16. The molecule has 0 unspecified atom stereocenters. The maximum atomic E-state index is 13.0. The van der Waals surface area contributed by atoms with Crippen LogP contribution >= 0.6 is 0 Å². The second kappa shape index (κ2) is 7.09. The lowest BCUT2D eigenvalue weighted by Crippen LogP contribution is -2.49. The molecule has 1 aromatic heterocycles. The first-order chi connectivity index (χ1) is 12.7. The number of aromatic amines is 1. The highest BCUT2D eigenvalue weighted by molar-refractivity contribution is 5.99. The first-order valence-corrected chi connectivity index (χ1v) is 8.62. The van der Waals surface area contributed by atoms with Crippen LogP contribution in [0.3, 0.4) is 0 Å². The van der Waals surface area contributed by atoms with E-state index in [9.17, 15) is 9.59 Å². The summed E-state index contributed by atoms with van der Waals surface area (Å²) in [7, 11) is 0. The highest BCUT2D eigenvalue weighted by Crippen LogP contribution is 2.20. The second-order valence-electron chi connectivity index (χ2n) is 6.39. The minimum atomic E-state index is -0.260. The van der Waals surface area contributed by atoms with Crippen molar-refractivity contribution in [1.29, 1.82) is 0 Å². The number of benzene rings is 2. The van der Waals surface area contributed by atoms with Gasteiger partial charge >= 0.3 is 0 Å². The van der Waals surface area contributed by atoms with Crippen LogP contribution in [0.25, 0.3) is 10.9 Å². The number of H-pyrrole nitrogens is 1. The molecule has 2 aromatic carbocycles. The van der Waals surface area contributed by atoms with E-state index < -0.39 is 0 Å². The zero-order valence-electron chi connectivity index (χ0n) is 14.2. The van der Waals surface area contributed by atoms with Gasteiger partial charge in [-0.3, -0.25) is 14.7 Å². The van der Waals surface area contributed by atoms with Crippen LogP contribution in [0.2, 0.25) is 0 Å². The van der Waals surface area contributed by atoms with Crippen LogP contribution in [-0.4, -0.2) is 52.6 Å². The Morgan fingerprint density at radius 1 is 1.15 bits per heavy atom. The molecule has 6 nitrogen and oxygen atoms in total. The summed E-state index contributed by atoms with van der Waals surface area (Å²) in [5.74, 6) is -0.0635. The van der Waals surface area contributed by atoms with Crippen LogP contribution in [0.15, 0.2) is 54.7 Å². The molecule has 1 aliphatic heterocycles. The molecule has 0 bridgehead atoms. The molecule has 2 heterocycles. The van der Waals surface area contributed by atoms with Gasteiger partial charge in [0, 0.05) is 29.5 Å². The van der Waals surface area contributed by atoms with Gasteiger partial charge in [0.15, 0.2) is 5.78 Å². The minimum absolute atomic E-state index is 0.0178. The zero-order valence-corrected chi connectivity index (χ0v) is 14.2. The molecule has 0 spiro atoms. The van der Waals surface area contributed by atoms with E-state index in [0.717, 1.165) is 10.9 Å². The number of hydrogen-bond donors (Lipinski definition) is 1. The molecule has 0 aliphatic carbocycles. The van der Waals surface area contributed by atoms with E-state index >= 15 is 0 Å². The maximum absolute atomic E-state index is 13.0. The number of Topliss-reactive ketones (excluding diaryl/α,β-unsaturated/α-hetero) is 1. The highest BCUT2D eigenvalue weighted by Gasteiger charge is 2.30. The first kappa shape index (κ1) is 16.5.